The molecular formula is C20H32N4O2. The smallest absolute Gasteiger partial charge is 0.316 e. The van der Waals surface area contributed by atoms with Crippen LogP contribution in [-0.2, 0) is 4.79 Å². The fourth-order valence-electron chi connectivity index (χ4n) is 3.66. The number of nitrogens with one attached hydrogen (secondary N) is 3. The van der Waals surface area contributed by atoms with Gasteiger partial charge in [-0.05, 0) is 36.3 Å². The summed E-state index contributed by atoms with van der Waals surface area (Å²) in [5.74, 6) is -0.110. The molecule has 1 unspecified atom stereocenters. The van der Waals surface area contributed by atoms with E-state index < -0.39 is 5.54 Å². The molecule has 1 aromatic rings. The first-order valence-corrected chi connectivity index (χ1v) is 9.46. The van der Waals surface area contributed by atoms with Crippen LogP contribution >= 0.6 is 0 Å². The van der Waals surface area contributed by atoms with Crippen molar-refractivity contribution in [3.63, 3.8) is 0 Å². The third-order valence-electron chi connectivity index (χ3n) is 4.93. The highest BCUT2D eigenvalue weighted by Crippen LogP contribution is 2.30. The number of rotatable bonds is 5. The highest BCUT2D eigenvalue weighted by molar-refractivity contribution is 5.91. The van der Waals surface area contributed by atoms with Gasteiger partial charge in [-0.2, -0.15) is 0 Å². The lowest BCUT2D eigenvalue weighted by Gasteiger charge is -2.37. The number of aromatic nitrogens is 1. The topological polar surface area (TPSA) is 83.1 Å². The predicted octanol–water partition coefficient (Wildman–Crippen LogP) is 3.31. The summed E-state index contributed by atoms with van der Waals surface area (Å²) in [7, 11) is 1.62. The summed E-state index contributed by atoms with van der Waals surface area (Å²) < 4.78 is 0. The Morgan fingerprint density at radius 1 is 1.23 bits per heavy atom. The molecule has 0 saturated heterocycles. The fraction of sp³-hybridized carbons (Fsp3) is 0.650. The second-order valence-electron chi connectivity index (χ2n) is 8.42. The normalized spacial score (nSPS) is 17.8. The van der Waals surface area contributed by atoms with Gasteiger partial charge in [0.1, 0.15) is 5.54 Å². The minimum Gasteiger partial charge on any atom is -0.357 e. The molecule has 0 bridgehead atoms. The average Bonchev–Trinajstić information content (AvgIpc) is 2.60. The van der Waals surface area contributed by atoms with E-state index in [0.29, 0.717) is 12.8 Å². The fourth-order valence-corrected chi connectivity index (χ4v) is 3.66. The molecule has 0 aliphatic heterocycles. The zero-order valence-corrected chi connectivity index (χ0v) is 16.4. The van der Waals surface area contributed by atoms with Crippen LogP contribution in [0.1, 0.15) is 70.9 Å². The van der Waals surface area contributed by atoms with Gasteiger partial charge in [0, 0.05) is 19.4 Å². The van der Waals surface area contributed by atoms with Gasteiger partial charge in [-0.3, -0.25) is 9.78 Å². The molecule has 144 valence electrons. The Bertz CT molecular complexity index is 604. The van der Waals surface area contributed by atoms with Crippen LogP contribution in [0.3, 0.4) is 0 Å². The number of likely N-dealkylation sites (N-methyl/N-ethyl adjacent to an activating group) is 1. The average molecular weight is 361 g/mol. The number of amides is 3. The van der Waals surface area contributed by atoms with Crippen LogP contribution in [0, 0.1) is 5.41 Å². The monoisotopic (exact) mass is 360 g/mol. The first kappa shape index (κ1) is 20.2. The Balaban J connectivity index is 2.14. The van der Waals surface area contributed by atoms with Gasteiger partial charge < -0.3 is 16.0 Å². The van der Waals surface area contributed by atoms with E-state index in [1.807, 2.05) is 12.1 Å². The summed E-state index contributed by atoms with van der Waals surface area (Å²) in [4.78, 5) is 29.4. The zero-order chi connectivity index (χ0) is 19.2. The lowest BCUT2D eigenvalue weighted by molar-refractivity contribution is -0.128. The largest absolute Gasteiger partial charge is 0.357 e. The van der Waals surface area contributed by atoms with Crippen molar-refractivity contribution in [3.8, 4) is 0 Å². The highest BCUT2D eigenvalue weighted by Gasteiger charge is 2.40. The molecule has 26 heavy (non-hydrogen) atoms. The number of hydrogen-bond acceptors (Lipinski definition) is 3. The minimum atomic E-state index is -0.807. The Kier molecular flexibility index (Phi) is 6.62. The van der Waals surface area contributed by atoms with Crippen LogP contribution in [-0.4, -0.2) is 29.5 Å². The highest BCUT2D eigenvalue weighted by atomic mass is 16.2. The van der Waals surface area contributed by atoms with Crippen LogP contribution in [0.2, 0.25) is 0 Å². The van der Waals surface area contributed by atoms with Crippen LogP contribution in [0.5, 0.6) is 0 Å². The van der Waals surface area contributed by atoms with Gasteiger partial charge in [0.25, 0.3) is 0 Å². The number of urea groups is 1. The second-order valence-corrected chi connectivity index (χ2v) is 8.42. The summed E-state index contributed by atoms with van der Waals surface area (Å²) in [5.41, 5.74) is 0.199. The van der Waals surface area contributed by atoms with Gasteiger partial charge in [-0.1, -0.05) is 46.1 Å². The molecule has 0 spiro atoms. The van der Waals surface area contributed by atoms with Gasteiger partial charge in [0.15, 0.2) is 0 Å². The van der Waals surface area contributed by atoms with E-state index in [1.54, 1.807) is 19.4 Å². The van der Waals surface area contributed by atoms with Gasteiger partial charge in [-0.25, -0.2) is 4.79 Å². The van der Waals surface area contributed by atoms with Crippen molar-refractivity contribution >= 4 is 11.9 Å². The molecule has 2 rings (SSSR count). The number of nitrogens with zero attached hydrogens (tertiary/aromatic N) is 1. The van der Waals surface area contributed by atoms with E-state index in [9.17, 15) is 9.59 Å². The van der Waals surface area contributed by atoms with Gasteiger partial charge in [-0.15, -0.1) is 0 Å². The standard InChI is InChI=1S/C20H32N4O2/c1-19(2,3)13-16(15-9-8-12-22-14-15)23-18(26)24-20(17(25)21-4)10-6-5-7-11-20/h8-9,12,14,16H,5-7,10-11,13H2,1-4H3,(H,21,25)(H2,23,24,26). The van der Waals surface area contributed by atoms with Crippen molar-refractivity contribution in [1.82, 2.24) is 20.9 Å². The van der Waals surface area contributed by atoms with E-state index in [4.69, 9.17) is 0 Å². The molecule has 0 radical (unpaired) electrons. The lowest BCUT2D eigenvalue weighted by atomic mass is 9.81. The molecule has 3 amide bonds. The maximum atomic E-state index is 12.8. The van der Waals surface area contributed by atoms with Crippen molar-refractivity contribution in [1.29, 1.82) is 0 Å². The molecule has 3 N–H and O–H groups in total. The number of hydrogen-bond donors (Lipinski definition) is 3. The van der Waals surface area contributed by atoms with Gasteiger partial charge in [0.05, 0.1) is 6.04 Å². The molecular weight excluding hydrogens is 328 g/mol. The second kappa shape index (κ2) is 8.52. The molecule has 1 saturated carbocycles. The van der Waals surface area contributed by atoms with Crippen LogP contribution in [0.25, 0.3) is 0 Å². The Hall–Kier alpha value is -2.11. The molecule has 1 heterocycles. The lowest BCUT2D eigenvalue weighted by Crippen LogP contribution is -2.61. The number of carbonyl (C=O) groups excluding carboxylic acids is 2. The molecule has 1 atom stereocenters. The van der Waals surface area contributed by atoms with Crippen molar-refractivity contribution in [2.45, 2.75) is 70.9 Å². The maximum absolute atomic E-state index is 12.8. The SMILES string of the molecule is CNC(=O)C1(NC(=O)NC(CC(C)(C)C)c2cccnc2)CCCCC1. The molecule has 1 aliphatic rings. The summed E-state index contributed by atoms with van der Waals surface area (Å²) in [6.45, 7) is 6.43. The Morgan fingerprint density at radius 2 is 1.92 bits per heavy atom. The third-order valence-corrected chi connectivity index (χ3v) is 4.93. The molecule has 6 nitrogen and oxygen atoms in total. The summed E-state index contributed by atoms with van der Waals surface area (Å²) in [6.07, 6.45) is 8.63. The Labute approximate surface area is 156 Å². The maximum Gasteiger partial charge on any atom is 0.316 e. The van der Waals surface area contributed by atoms with Crippen molar-refractivity contribution < 1.29 is 9.59 Å². The molecule has 1 aliphatic carbocycles. The summed E-state index contributed by atoms with van der Waals surface area (Å²) >= 11 is 0. The van der Waals surface area contributed by atoms with E-state index in [1.165, 1.54) is 0 Å². The van der Waals surface area contributed by atoms with Crippen LogP contribution in [0.4, 0.5) is 4.79 Å². The first-order valence-electron chi connectivity index (χ1n) is 9.46. The van der Waals surface area contributed by atoms with E-state index >= 15 is 0 Å². The van der Waals surface area contributed by atoms with Crippen molar-refractivity contribution in [2.75, 3.05) is 7.05 Å². The molecule has 6 heteroatoms. The molecule has 1 fully saturated rings. The van der Waals surface area contributed by atoms with Crippen LogP contribution < -0.4 is 16.0 Å². The Morgan fingerprint density at radius 3 is 2.46 bits per heavy atom. The third kappa shape index (κ3) is 5.44. The molecule has 0 aromatic carbocycles. The zero-order valence-electron chi connectivity index (χ0n) is 16.4. The summed E-state index contributed by atoms with van der Waals surface area (Å²) in [6, 6.07) is 3.39. The number of carbonyl (C=O) groups is 2. The van der Waals surface area contributed by atoms with Crippen molar-refractivity contribution in [2.24, 2.45) is 5.41 Å². The predicted molar refractivity (Wildman–Crippen MR) is 103 cm³/mol. The van der Waals surface area contributed by atoms with Crippen molar-refractivity contribution in [3.05, 3.63) is 30.1 Å². The first-order chi connectivity index (χ1) is 12.3. The van der Waals surface area contributed by atoms with Gasteiger partial charge >= 0.3 is 6.03 Å². The van der Waals surface area contributed by atoms with E-state index in [-0.39, 0.29) is 23.4 Å². The van der Waals surface area contributed by atoms with Crippen LogP contribution in [0.15, 0.2) is 24.5 Å². The van der Waals surface area contributed by atoms with E-state index in [2.05, 4.69) is 41.7 Å². The quantitative estimate of drug-likeness (QED) is 0.753. The summed E-state index contributed by atoms with van der Waals surface area (Å²) in [5, 5.41) is 8.77. The molecule has 1 aromatic heterocycles. The minimum absolute atomic E-state index is 0.0388. The number of pyridine rings is 1. The van der Waals surface area contributed by atoms with E-state index in [0.717, 1.165) is 31.2 Å². The van der Waals surface area contributed by atoms with Gasteiger partial charge in [0.2, 0.25) is 5.91 Å².